The average molecular weight is 973 g/mol. The molecule has 0 aliphatic heterocycles. The Hall–Kier alpha value is -1.66. The lowest BCUT2D eigenvalue weighted by Crippen LogP contribution is -2.46. The first kappa shape index (κ1) is 67.3. The van der Waals surface area contributed by atoms with E-state index in [2.05, 4.69) is 50.4 Å². The quantitative estimate of drug-likeness (QED) is 0.0321. The summed E-state index contributed by atoms with van der Waals surface area (Å²) in [5.74, 6) is -0.458. The largest absolute Gasteiger partial charge is 0.462 e. The zero-order valence-corrected chi connectivity index (χ0v) is 46.7. The van der Waals surface area contributed by atoms with Crippen LogP contribution in [0.2, 0.25) is 0 Å². The number of ether oxygens (including phenoxy) is 1. The highest BCUT2D eigenvalue weighted by Gasteiger charge is 2.24. The lowest BCUT2D eigenvalue weighted by atomic mass is 10.0. The number of amides is 1. The van der Waals surface area contributed by atoms with Gasteiger partial charge in [-0.3, -0.25) is 9.59 Å². The van der Waals surface area contributed by atoms with Gasteiger partial charge in [-0.1, -0.05) is 295 Å². The minimum absolute atomic E-state index is 0.0786. The maximum atomic E-state index is 13.3. The van der Waals surface area contributed by atoms with E-state index in [9.17, 15) is 19.8 Å². The van der Waals surface area contributed by atoms with E-state index in [1.165, 1.54) is 231 Å². The van der Waals surface area contributed by atoms with Gasteiger partial charge in [0.05, 0.1) is 25.2 Å². The number of carbonyl (C=O) groups excluding carboxylic acids is 2. The lowest BCUT2D eigenvalue weighted by Gasteiger charge is -2.24. The molecular formula is C63H121NO5. The first-order chi connectivity index (χ1) is 34.0. The molecule has 0 aromatic rings. The van der Waals surface area contributed by atoms with Crippen LogP contribution in [0.3, 0.4) is 0 Å². The number of aliphatic hydroxyl groups excluding tert-OH is 2. The van der Waals surface area contributed by atoms with Crippen molar-refractivity contribution in [2.24, 2.45) is 0 Å². The minimum Gasteiger partial charge on any atom is -0.462 e. The van der Waals surface area contributed by atoms with Gasteiger partial charge in [-0.25, -0.2) is 0 Å². The van der Waals surface area contributed by atoms with E-state index < -0.39 is 18.2 Å². The molecule has 69 heavy (non-hydrogen) atoms. The van der Waals surface area contributed by atoms with Crippen LogP contribution in [0.4, 0.5) is 0 Å². The number of aliphatic hydroxyl groups is 2. The van der Waals surface area contributed by atoms with Crippen molar-refractivity contribution in [3.63, 3.8) is 0 Å². The third-order valence-electron chi connectivity index (χ3n) is 14.5. The van der Waals surface area contributed by atoms with Gasteiger partial charge in [0.2, 0.25) is 5.91 Å². The Morgan fingerprint density at radius 1 is 0.420 bits per heavy atom. The third kappa shape index (κ3) is 52.5. The summed E-state index contributed by atoms with van der Waals surface area (Å²) in [5, 5.41) is 24.0. The second-order valence-electron chi connectivity index (χ2n) is 21.5. The van der Waals surface area contributed by atoms with Crippen molar-refractivity contribution in [1.29, 1.82) is 0 Å². The molecule has 6 nitrogen and oxygen atoms in total. The molecule has 0 heterocycles. The van der Waals surface area contributed by atoms with Gasteiger partial charge in [0, 0.05) is 6.42 Å². The van der Waals surface area contributed by atoms with Crippen LogP contribution in [0.25, 0.3) is 0 Å². The Labute approximate surface area is 431 Å². The molecule has 0 rings (SSSR count). The predicted molar refractivity (Wildman–Crippen MR) is 301 cm³/mol. The molecule has 0 saturated heterocycles. The van der Waals surface area contributed by atoms with E-state index in [4.69, 9.17) is 4.74 Å². The van der Waals surface area contributed by atoms with Crippen molar-refractivity contribution in [3.8, 4) is 0 Å². The molecule has 6 heteroatoms. The zero-order chi connectivity index (χ0) is 50.2. The van der Waals surface area contributed by atoms with Gasteiger partial charge < -0.3 is 20.3 Å². The van der Waals surface area contributed by atoms with E-state index in [0.717, 1.165) is 64.2 Å². The molecular weight excluding hydrogens is 851 g/mol. The highest BCUT2D eigenvalue weighted by atomic mass is 16.5. The number of nitrogens with one attached hydrogen (secondary N) is 1. The van der Waals surface area contributed by atoms with Crippen LogP contribution in [0.5, 0.6) is 0 Å². The van der Waals surface area contributed by atoms with Crippen molar-refractivity contribution in [1.82, 2.24) is 5.32 Å². The van der Waals surface area contributed by atoms with Gasteiger partial charge in [-0.2, -0.15) is 0 Å². The predicted octanol–water partition coefficient (Wildman–Crippen LogP) is 19.4. The van der Waals surface area contributed by atoms with Crippen LogP contribution >= 0.6 is 0 Å². The van der Waals surface area contributed by atoms with E-state index in [1.807, 2.05) is 0 Å². The normalized spacial score (nSPS) is 13.2. The molecule has 0 radical (unpaired) electrons. The van der Waals surface area contributed by atoms with E-state index in [0.29, 0.717) is 19.3 Å². The number of carbonyl (C=O) groups is 2. The smallest absolute Gasteiger partial charge is 0.306 e. The second kappa shape index (κ2) is 57.2. The van der Waals surface area contributed by atoms with Gasteiger partial charge >= 0.3 is 5.97 Å². The highest BCUT2D eigenvalue weighted by molar-refractivity contribution is 5.77. The SMILES string of the molecule is CCCCC/C=C\C/C=C\CCCCCCCCCC(CC(=O)NC(CO)C(O)CCCCCCCCCCCCCCCCCC)OC(=O)CCCCCCCCCCCCCCCCCCC. The van der Waals surface area contributed by atoms with E-state index >= 15 is 0 Å². The average Bonchev–Trinajstić information content (AvgIpc) is 3.34. The second-order valence-corrected chi connectivity index (χ2v) is 21.5. The monoisotopic (exact) mass is 972 g/mol. The molecule has 0 aromatic heterocycles. The Kier molecular flexibility index (Phi) is 55.9. The summed E-state index contributed by atoms with van der Waals surface area (Å²) in [6.07, 6.45) is 68.2. The van der Waals surface area contributed by atoms with Crippen LogP contribution in [0.15, 0.2) is 24.3 Å². The van der Waals surface area contributed by atoms with Crippen molar-refractivity contribution in [3.05, 3.63) is 24.3 Å². The fourth-order valence-corrected chi connectivity index (χ4v) is 9.82. The van der Waals surface area contributed by atoms with Gasteiger partial charge in [0.15, 0.2) is 0 Å². The van der Waals surface area contributed by atoms with Gasteiger partial charge in [-0.05, 0) is 57.8 Å². The fourth-order valence-electron chi connectivity index (χ4n) is 9.82. The number of hydrogen-bond acceptors (Lipinski definition) is 5. The van der Waals surface area contributed by atoms with Crippen molar-refractivity contribution < 1.29 is 24.5 Å². The molecule has 0 fully saturated rings. The minimum atomic E-state index is -0.787. The number of esters is 1. The van der Waals surface area contributed by atoms with Gasteiger partial charge in [-0.15, -0.1) is 0 Å². The molecule has 0 spiro atoms. The molecule has 0 aromatic carbocycles. The highest BCUT2D eigenvalue weighted by Crippen LogP contribution is 2.19. The third-order valence-corrected chi connectivity index (χ3v) is 14.5. The summed E-state index contributed by atoms with van der Waals surface area (Å²) in [6.45, 7) is 6.51. The van der Waals surface area contributed by atoms with Crippen LogP contribution in [0.1, 0.15) is 342 Å². The van der Waals surface area contributed by atoms with E-state index in [-0.39, 0.29) is 24.9 Å². The van der Waals surface area contributed by atoms with Crippen molar-refractivity contribution in [2.75, 3.05) is 6.61 Å². The summed E-state index contributed by atoms with van der Waals surface area (Å²) in [4.78, 5) is 26.4. The van der Waals surface area contributed by atoms with E-state index in [1.54, 1.807) is 0 Å². The zero-order valence-electron chi connectivity index (χ0n) is 46.7. The summed E-state index contributed by atoms with van der Waals surface area (Å²) in [7, 11) is 0. The molecule has 0 aliphatic carbocycles. The Balaban J connectivity index is 4.52. The molecule has 408 valence electrons. The fraction of sp³-hybridized carbons (Fsp3) is 0.905. The Morgan fingerprint density at radius 2 is 0.739 bits per heavy atom. The lowest BCUT2D eigenvalue weighted by molar-refractivity contribution is -0.151. The molecule has 3 N–H and O–H groups in total. The topological polar surface area (TPSA) is 95.9 Å². The summed E-state index contributed by atoms with van der Waals surface area (Å²) >= 11 is 0. The molecule has 3 unspecified atom stereocenters. The van der Waals surface area contributed by atoms with Crippen molar-refractivity contribution >= 4 is 11.9 Å². The van der Waals surface area contributed by atoms with Gasteiger partial charge in [0.25, 0.3) is 0 Å². The number of hydrogen-bond donors (Lipinski definition) is 3. The first-order valence-corrected chi connectivity index (χ1v) is 31.1. The number of unbranched alkanes of at least 4 members (excludes halogenated alkanes) is 41. The molecule has 1 amide bonds. The van der Waals surface area contributed by atoms with Gasteiger partial charge in [0.1, 0.15) is 6.10 Å². The van der Waals surface area contributed by atoms with Crippen LogP contribution in [0, 0.1) is 0 Å². The Bertz CT molecular complexity index is 1090. The number of rotatable bonds is 57. The van der Waals surface area contributed by atoms with Crippen LogP contribution in [-0.2, 0) is 14.3 Å². The molecule has 3 atom stereocenters. The number of allylic oxidation sites excluding steroid dienone is 4. The summed E-state index contributed by atoms with van der Waals surface area (Å²) < 4.78 is 5.98. The molecule has 0 bridgehead atoms. The van der Waals surface area contributed by atoms with Crippen molar-refractivity contribution in [2.45, 2.75) is 360 Å². The molecule has 0 saturated carbocycles. The first-order valence-electron chi connectivity index (χ1n) is 31.1. The standard InChI is InChI=1S/C63H121NO5/c1-4-7-10-13-16-19-22-25-28-31-33-36-39-42-45-48-51-54-59(69-63(68)56-53-50-47-44-41-38-35-32-29-26-23-20-17-14-11-8-5-2)57-62(67)64-60(58-65)61(66)55-52-49-46-43-40-37-34-30-27-24-21-18-15-12-9-6-3/h16,19,25,28,59-61,65-66H,4-15,17-18,20-24,26-27,29-58H2,1-3H3,(H,64,67)/b19-16-,28-25-. The summed E-state index contributed by atoms with van der Waals surface area (Å²) in [5.41, 5.74) is 0. The van der Waals surface area contributed by atoms with Crippen LogP contribution < -0.4 is 5.32 Å². The Morgan fingerprint density at radius 3 is 1.13 bits per heavy atom. The van der Waals surface area contributed by atoms with Crippen LogP contribution in [-0.4, -0.2) is 46.9 Å². The maximum absolute atomic E-state index is 13.3. The summed E-state index contributed by atoms with van der Waals surface area (Å²) in [6, 6.07) is -0.701. The molecule has 0 aliphatic rings. The maximum Gasteiger partial charge on any atom is 0.306 e.